The first-order chi connectivity index (χ1) is 17.4. The van der Waals surface area contributed by atoms with Crippen LogP contribution < -0.4 is 5.73 Å². The van der Waals surface area contributed by atoms with Gasteiger partial charge in [0.15, 0.2) is 11.5 Å². The Bertz CT molecular complexity index is 1290. The molecule has 4 heterocycles. The van der Waals surface area contributed by atoms with Crippen molar-refractivity contribution in [3.05, 3.63) is 60.8 Å². The summed E-state index contributed by atoms with van der Waals surface area (Å²) >= 11 is 0. The van der Waals surface area contributed by atoms with Crippen LogP contribution in [0.3, 0.4) is 0 Å². The SMILES string of the molecule is CN1C=CCC(C(=O)OC[C@H]2C[C@@H](n3cnc4c(N)ncnc43)[C@@H]2COC(=O)C2=CN(C)C=CC2)=C1. The molecule has 1 saturated carbocycles. The van der Waals surface area contributed by atoms with Gasteiger partial charge in [-0.15, -0.1) is 0 Å². The first-order valence-corrected chi connectivity index (χ1v) is 11.9. The lowest BCUT2D eigenvalue weighted by atomic mass is 9.69. The van der Waals surface area contributed by atoms with Crippen LogP contribution in [0.25, 0.3) is 11.2 Å². The number of aromatic nitrogens is 4. The monoisotopic (exact) mass is 491 g/mol. The van der Waals surface area contributed by atoms with Crippen LogP contribution in [0.4, 0.5) is 5.82 Å². The first-order valence-electron chi connectivity index (χ1n) is 11.9. The number of allylic oxidation sites excluding steroid dienone is 2. The average molecular weight is 492 g/mol. The number of hydrogen-bond donors (Lipinski definition) is 1. The first kappa shape index (κ1) is 23.6. The van der Waals surface area contributed by atoms with E-state index in [-0.39, 0.29) is 43.0 Å². The number of hydrogen-bond acceptors (Lipinski definition) is 10. The molecule has 0 aromatic carbocycles. The summed E-state index contributed by atoms with van der Waals surface area (Å²) in [4.78, 5) is 41.8. The zero-order valence-corrected chi connectivity index (χ0v) is 20.3. The van der Waals surface area contributed by atoms with E-state index in [4.69, 9.17) is 15.2 Å². The summed E-state index contributed by atoms with van der Waals surface area (Å²) in [5.74, 6) is -0.440. The molecule has 5 rings (SSSR count). The summed E-state index contributed by atoms with van der Waals surface area (Å²) in [7, 11) is 3.73. The molecule has 11 heteroatoms. The fourth-order valence-corrected chi connectivity index (χ4v) is 4.84. The number of esters is 2. The van der Waals surface area contributed by atoms with Gasteiger partial charge in [-0.1, -0.05) is 12.2 Å². The van der Waals surface area contributed by atoms with E-state index in [1.807, 2.05) is 53.0 Å². The summed E-state index contributed by atoms with van der Waals surface area (Å²) < 4.78 is 13.4. The third-order valence-corrected chi connectivity index (χ3v) is 6.82. The number of carbonyl (C=O) groups is 2. The van der Waals surface area contributed by atoms with Crippen LogP contribution in [-0.2, 0) is 19.1 Å². The fourth-order valence-electron chi connectivity index (χ4n) is 4.84. The highest BCUT2D eigenvalue weighted by molar-refractivity contribution is 5.89. The van der Waals surface area contributed by atoms with E-state index < -0.39 is 0 Å². The van der Waals surface area contributed by atoms with Crippen LogP contribution in [0.15, 0.2) is 60.8 Å². The largest absolute Gasteiger partial charge is 0.462 e. The average Bonchev–Trinajstić information content (AvgIpc) is 3.28. The highest BCUT2D eigenvalue weighted by Gasteiger charge is 2.44. The van der Waals surface area contributed by atoms with Gasteiger partial charge >= 0.3 is 11.9 Å². The molecule has 3 aliphatic rings. The van der Waals surface area contributed by atoms with Crippen LogP contribution in [0.2, 0.25) is 0 Å². The molecule has 0 unspecified atom stereocenters. The molecule has 11 nitrogen and oxygen atoms in total. The van der Waals surface area contributed by atoms with Crippen molar-refractivity contribution in [3.63, 3.8) is 0 Å². The minimum absolute atomic E-state index is 0.0174. The third-order valence-electron chi connectivity index (χ3n) is 6.82. The highest BCUT2D eigenvalue weighted by atomic mass is 16.5. The molecular formula is C25H29N7O4. The summed E-state index contributed by atoms with van der Waals surface area (Å²) in [5, 5.41) is 0. The Morgan fingerprint density at radius 2 is 1.61 bits per heavy atom. The summed E-state index contributed by atoms with van der Waals surface area (Å²) in [6.45, 7) is 0.422. The van der Waals surface area contributed by atoms with Gasteiger partial charge in [-0.3, -0.25) is 0 Å². The summed E-state index contributed by atoms with van der Waals surface area (Å²) in [6, 6.07) is -0.0355. The van der Waals surface area contributed by atoms with Crippen molar-refractivity contribution in [3.8, 4) is 0 Å². The number of nitrogens with two attached hydrogens (primary N) is 1. The smallest absolute Gasteiger partial charge is 0.335 e. The van der Waals surface area contributed by atoms with Gasteiger partial charge in [0, 0.05) is 57.2 Å². The topological polar surface area (TPSA) is 129 Å². The number of ether oxygens (including phenoxy) is 2. The van der Waals surface area contributed by atoms with Gasteiger partial charge in [-0.05, 0) is 18.8 Å². The standard InChI is InChI=1S/C25H29N7O4/c1-30-7-3-5-16(10-30)24(33)35-12-18-9-20(32-15-29-21-22(26)27-14-28-23(21)32)19(18)13-36-25(34)17-6-4-8-31(2)11-17/h3-4,7-8,10-11,14-15,18-20H,5-6,9,12-13H2,1-2H3,(H2,26,27,28)/t18-,19-,20-/m1/s1. The number of anilines is 1. The maximum atomic E-state index is 12.7. The number of carbonyl (C=O) groups excluding carboxylic acids is 2. The zero-order chi connectivity index (χ0) is 25.2. The third kappa shape index (κ3) is 4.68. The van der Waals surface area contributed by atoms with Crippen LogP contribution in [0.1, 0.15) is 25.3 Å². The van der Waals surface area contributed by atoms with E-state index in [0.29, 0.717) is 41.0 Å². The van der Waals surface area contributed by atoms with Crippen molar-refractivity contribution in [1.29, 1.82) is 0 Å². The predicted octanol–water partition coefficient (Wildman–Crippen LogP) is 2.14. The molecule has 2 aliphatic heterocycles. The predicted molar refractivity (Wildman–Crippen MR) is 131 cm³/mol. The molecule has 2 aromatic heterocycles. The summed E-state index contributed by atoms with van der Waals surface area (Å²) in [5.41, 5.74) is 8.32. The Hall–Kier alpha value is -4.15. The molecule has 0 spiro atoms. The maximum Gasteiger partial charge on any atom is 0.335 e. The molecule has 0 radical (unpaired) electrons. The number of rotatable bonds is 7. The molecule has 1 fully saturated rings. The number of nitrogens with zero attached hydrogens (tertiary/aromatic N) is 6. The van der Waals surface area contributed by atoms with E-state index in [1.165, 1.54) is 6.33 Å². The molecule has 188 valence electrons. The molecule has 0 bridgehead atoms. The Morgan fingerprint density at radius 3 is 2.25 bits per heavy atom. The molecule has 3 atom stereocenters. The minimum Gasteiger partial charge on any atom is -0.462 e. The van der Waals surface area contributed by atoms with Crippen molar-refractivity contribution in [1.82, 2.24) is 29.3 Å². The van der Waals surface area contributed by atoms with E-state index in [1.54, 1.807) is 18.7 Å². The molecule has 2 aromatic rings. The highest BCUT2D eigenvalue weighted by Crippen LogP contribution is 2.45. The fraction of sp³-hybridized carbons (Fsp3) is 0.400. The number of fused-ring (bicyclic) bond motifs is 1. The molecular weight excluding hydrogens is 462 g/mol. The lowest BCUT2D eigenvalue weighted by Gasteiger charge is -2.44. The maximum absolute atomic E-state index is 12.7. The van der Waals surface area contributed by atoms with Crippen LogP contribution in [0, 0.1) is 11.8 Å². The Balaban J connectivity index is 1.29. The van der Waals surface area contributed by atoms with Crippen LogP contribution in [0.5, 0.6) is 0 Å². The van der Waals surface area contributed by atoms with Gasteiger partial charge in [-0.2, -0.15) is 0 Å². The van der Waals surface area contributed by atoms with Gasteiger partial charge in [-0.25, -0.2) is 24.5 Å². The Morgan fingerprint density at radius 1 is 0.972 bits per heavy atom. The van der Waals surface area contributed by atoms with Gasteiger partial charge in [0.1, 0.15) is 11.8 Å². The van der Waals surface area contributed by atoms with Gasteiger partial charge in [0.05, 0.1) is 30.7 Å². The van der Waals surface area contributed by atoms with E-state index in [9.17, 15) is 9.59 Å². The Labute approximate surface area is 208 Å². The van der Waals surface area contributed by atoms with Crippen molar-refractivity contribution in [2.24, 2.45) is 11.8 Å². The normalized spacial score (nSPS) is 23.2. The van der Waals surface area contributed by atoms with Crippen molar-refractivity contribution >= 4 is 28.9 Å². The van der Waals surface area contributed by atoms with Gasteiger partial charge in [0.2, 0.25) is 0 Å². The van der Waals surface area contributed by atoms with Crippen molar-refractivity contribution in [2.45, 2.75) is 25.3 Å². The molecule has 0 saturated heterocycles. The Kier molecular flexibility index (Phi) is 6.45. The number of imidazole rings is 1. The number of nitrogen functional groups attached to an aromatic ring is 1. The van der Waals surface area contributed by atoms with Crippen molar-refractivity contribution < 1.29 is 19.1 Å². The second-order valence-corrected chi connectivity index (χ2v) is 9.32. The lowest BCUT2D eigenvalue weighted by Crippen LogP contribution is -2.44. The second-order valence-electron chi connectivity index (χ2n) is 9.32. The summed E-state index contributed by atoms with van der Waals surface area (Å²) in [6.07, 6.45) is 16.1. The van der Waals surface area contributed by atoms with Gasteiger partial charge in [0.25, 0.3) is 0 Å². The zero-order valence-electron chi connectivity index (χ0n) is 20.3. The van der Waals surface area contributed by atoms with E-state index in [0.717, 1.165) is 6.42 Å². The van der Waals surface area contributed by atoms with Crippen molar-refractivity contribution in [2.75, 3.05) is 33.0 Å². The second kappa shape index (κ2) is 9.84. The minimum atomic E-state index is -0.350. The lowest BCUT2D eigenvalue weighted by molar-refractivity contribution is -0.150. The van der Waals surface area contributed by atoms with E-state index >= 15 is 0 Å². The van der Waals surface area contributed by atoms with Gasteiger partial charge < -0.3 is 29.6 Å². The molecule has 36 heavy (non-hydrogen) atoms. The van der Waals surface area contributed by atoms with E-state index in [2.05, 4.69) is 15.0 Å². The van der Waals surface area contributed by atoms with Crippen LogP contribution in [-0.4, -0.2) is 68.6 Å². The molecule has 1 aliphatic carbocycles. The van der Waals surface area contributed by atoms with Crippen LogP contribution >= 0.6 is 0 Å². The quantitative estimate of drug-likeness (QED) is 0.575. The molecule has 0 amide bonds. The molecule has 2 N–H and O–H groups in total.